The van der Waals surface area contributed by atoms with Crippen molar-refractivity contribution in [1.29, 1.82) is 0 Å². The van der Waals surface area contributed by atoms with E-state index in [1.54, 1.807) is 17.0 Å². The minimum absolute atomic E-state index is 0.147. The Labute approximate surface area is 275 Å². The van der Waals surface area contributed by atoms with Gasteiger partial charge in [0.25, 0.3) is 0 Å². The monoisotopic (exact) mass is 666 g/mol. The summed E-state index contributed by atoms with van der Waals surface area (Å²) in [5.41, 5.74) is 2.11. The molecule has 0 radical (unpaired) electrons. The molecule has 2 fully saturated rings. The summed E-state index contributed by atoms with van der Waals surface area (Å²) >= 11 is 0. The van der Waals surface area contributed by atoms with Crippen molar-refractivity contribution in [3.05, 3.63) is 101 Å². The van der Waals surface area contributed by atoms with Gasteiger partial charge < -0.3 is 34.6 Å². The fourth-order valence-electron chi connectivity index (χ4n) is 6.04. The second-order valence-corrected chi connectivity index (χ2v) is 12.1. The highest BCUT2D eigenvalue weighted by Crippen LogP contribution is 2.46. The van der Waals surface area contributed by atoms with Crippen molar-refractivity contribution in [3.8, 4) is 0 Å². The summed E-state index contributed by atoms with van der Waals surface area (Å²) in [4.78, 5) is 50.4. The van der Waals surface area contributed by atoms with E-state index in [4.69, 9.17) is 19.7 Å². The molecule has 2 aliphatic rings. The molecule has 0 aliphatic carbocycles. The zero-order valence-electron chi connectivity index (χ0n) is 26.0. The number of amides is 2. The molecule has 0 aromatic heterocycles. The average molecular weight is 667 g/mol. The first-order chi connectivity index (χ1) is 22.9. The predicted molar refractivity (Wildman–Crippen MR) is 167 cm³/mol. The number of nitrogens with zero attached hydrogens (tertiary/aromatic N) is 2. The summed E-state index contributed by atoms with van der Waals surface area (Å²) < 4.78 is 38.2. The summed E-state index contributed by atoms with van der Waals surface area (Å²) in [6.07, 6.45) is 0.801. The van der Waals surface area contributed by atoms with Crippen LogP contribution in [-0.2, 0) is 35.1 Å². The van der Waals surface area contributed by atoms with Gasteiger partial charge >= 0.3 is 11.9 Å². The lowest BCUT2D eigenvalue weighted by Crippen LogP contribution is -2.55. The Morgan fingerprint density at radius 1 is 0.917 bits per heavy atom. The van der Waals surface area contributed by atoms with Gasteiger partial charge in [0, 0.05) is 5.69 Å². The molecule has 2 aliphatic heterocycles. The van der Waals surface area contributed by atoms with Gasteiger partial charge in [-0.1, -0.05) is 36.4 Å². The van der Waals surface area contributed by atoms with E-state index in [2.05, 4.69) is 0 Å². The van der Waals surface area contributed by atoms with Crippen LogP contribution >= 0.6 is 0 Å². The van der Waals surface area contributed by atoms with Crippen molar-refractivity contribution in [2.45, 2.75) is 43.4 Å². The number of carbonyl (C=O) groups excluding carboxylic acids is 2. The number of aliphatic carboxylic acids is 2. The molecule has 2 heterocycles. The maximum atomic E-state index is 13.7. The molecule has 48 heavy (non-hydrogen) atoms. The smallest absolute Gasteiger partial charge is 0.323 e. The SMILES string of the molecule is O=C(O)CN(CC(=O)O)C(=O)COC1(CCc2ccc([C@@H]3[C@@H](CC[C@H](O)c4ccc(F)cc4)C(=O)N3c3ccc(F)cc3)cc2)COC1. The Balaban J connectivity index is 1.24. The van der Waals surface area contributed by atoms with E-state index in [-0.39, 0.29) is 31.6 Å². The summed E-state index contributed by atoms with van der Waals surface area (Å²) in [6.45, 7) is -1.57. The lowest BCUT2D eigenvalue weighted by molar-refractivity contribution is -0.214. The number of aryl methyl sites for hydroxylation is 1. The fourth-order valence-corrected chi connectivity index (χ4v) is 6.04. The summed E-state index contributed by atoms with van der Waals surface area (Å²) in [7, 11) is 0. The standard InChI is InChI=1S/C35H36F2N2O9/c36-25-7-5-23(6-8-25)29(40)14-13-28-33(39(34(28)46)27-11-9-26(37)10-12-27)24-3-1-22(2-4-24)15-16-35(20-47-21-35)48-19-30(41)38(17-31(42)43)18-32(44)45/h1-12,28-29,33,40H,13-21H2,(H,42,43)(H,44,45)/t28-,29+,33-/m1/s1. The maximum absolute atomic E-state index is 13.7. The van der Waals surface area contributed by atoms with Crippen LogP contribution in [0.1, 0.15) is 48.1 Å². The van der Waals surface area contributed by atoms with Crippen LogP contribution in [0.25, 0.3) is 0 Å². The second-order valence-electron chi connectivity index (χ2n) is 12.1. The van der Waals surface area contributed by atoms with Crippen molar-refractivity contribution in [3.63, 3.8) is 0 Å². The molecule has 11 nitrogen and oxygen atoms in total. The number of rotatable bonds is 16. The molecule has 0 unspecified atom stereocenters. The molecule has 3 aromatic rings. The van der Waals surface area contributed by atoms with E-state index in [0.717, 1.165) is 11.1 Å². The first-order valence-corrected chi connectivity index (χ1v) is 15.5. The number of β-lactam (4-membered cyclic amide) rings is 1. The van der Waals surface area contributed by atoms with Crippen LogP contribution in [0, 0.1) is 17.6 Å². The summed E-state index contributed by atoms with van der Waals surface area (Å²) in [5.74, 6) is -4.85. The number of carbonyl (C=O) groups is 4. The summed E-state index contributed by atoms with van der Waals surface area (Å²) in [6, 6.07) is 18.6. The Bertz CT molecular complexity index is 1600. The van der Waals surface area contributed by atoms with Crippen LogP contribution < -0.4 is 4.90 Å². The molecule has 0 bridgehead atoms. The van der Waals surface area contributed by atoms with Gasteiger partial charge in [-0.15, -0.1) is 0 Å². The number of ether oxygens (including phenoxy) is 2. The Hall–Kier alpha value is -4.72. The van der Waals surface area contributed by atoms with Gasteiger partial charge in [0.1, 0.15) is 36.9 Å². The van der Waals surface area contributed by atoms with Gasteiger partial charge in [-0.2, -0.15) is 0 Å². The van der Waals surface area contributed by atoms with E-state index >= 15 is 0 Å². The van der Waals surface area contributed by atoms with Crippen LogP contribution in [0.4, 0.5) is 14.5 Å². The second kappa shape index (κ2) is 15.0. The third kappa shape index (κ3) is 8.22. The number of hydrogen-bond acceptors (Lipinski definition) is 7. The Morgan fingerprint density at radius 2 is 1.50 bits per heavy atom. The Morgan fingerprint density at radius 3 is 2.04 bits per heavy atom. The van der Waals surface area contributed by atoms with E-state index < -0.39 is 66.8 Å². The average Bonchev–Trinajstić information content (AvgIpc) is 3.03. The molecule has 254 valence electrons. The van der Waals surface area contributed by atoms with Crippen molar-refractivity contribution in [2.75, 3.05) is 37.8 Å². The van der Waals surface area contributed by atoms with Crippen molar-refractivity contribution >= 4 is 29.4 Å². The van der Waals surface area contributed by atoms with Crippen molar-refractivity contribution in [2.24, 2.45) is 5.92 Å². The topological polar surface area (TPSA) is 154 Å². The molecular formula is C35H36F2N2O9. The number of carboxylic acids is 2. The lowest BCUT2D eigenvalue weighted by atomic mass is 9.78. The van der Waals surface area contributed by atoms with Crippen LogP contribution in [0.5, 0.6) is 0 Å². The molecule has 3 N–H and O–H groups in total. The van der Waals surface area contributed by atoms with Crippen molar-refractivity contribution < 1.29 is 52.8 Å². The lowest BCUT2D eigenvalue weighted by Gasteiger charge is -2.48. The Kier molecular flexibility index (Phi) is 10.8. The molecule has 13 heteroatoms. The van der Waals surface area contributed by atoms with Gasteiger partial charge in [-0.05, 0) is 78.8 Å². The molecule has 3 atom stereocenters. The molecular weight excluding hydrogens is 630 g/mol. The number of hydrogen-bond donors (Lipinski definition) is 3. The number of halogens is 2. The predicted octanol–water partition coefficient (Wildman–Crippen LogP) is 3.90. The van der Waals surface area contributed by atoms with Crippen LogP contribution in [-0.4, -0.2) is 82.5 Å². The molecule has 0 spiro atoms. The molecule has 3 aromatic carbocycles. The number of aliphatic hydroxyl groups is 1. The zero-order chi connectivity index (χ0) is 34.4. The van der Waals surface area contributed by atoms with Gasteiger partial charge in [-0.25, -0.2) is 8.78 Å². The molecule has 0 saturated carbocycles. The van der Waals surface area contributed by atoms with Gasteiger partial charge in [-0.3, -0.25) is 19.2 Å². The number of aliphatic hydroxyl groups excluding tert-OH is 1. The highest BCUT2D eigenvalue weighted by Gasteiger charge is 2.48. The van der Waals surface area contributed by atoms with Crippen LogP contribution in [0.2, 0.25) is 0 Å². The highest BCUT2D eigenvalue weighted by atomic mass is 19.1. The number of carboxylic acid groups (broad SMARTS) is 2. The largest absolute Gasteiger partial charge is 0.480 e. The van der Waals surface area contributed by atoms with Gasteiger partial charge in [0.05, 0.1) is 31.3 Å². The fraction of sp³-hybridized carbons (Fsp3) is 0.371. The third-order valence-corrected chi connectivity index (χ3v) is 8.75. The van der Waals surface area contributed by atoms with Crippen LogP contribution in [0.15, 0.2) is 72.8 Å². The van der Waals surface area contributed by atoms with E-state index in [1.165, 1.54) is 36.4 Å². The maximum Gasteiger partial charge on any atom is 0.323 e. The minimum Gasteiger partial charge on any atom is -0.480 e. The van der Waals surface area contributed by atoms with Crippen molar-refractivity contribution in [1.82, 2.24) is 4.90 Å². The molecule has 2 amide bonds. The zero-order valence-corrected chi connectivity index (χ0v) is 26.0. The minimum atomic E-state index is -1.34. The molecule has 2 saturated heterocycles. The van der Waals surface area contributed by atoms with Crippen LogP contribution in [0.3, 0.4) is 0 Å². The quantitative estimate of drug-likeness (QED) is 0.193. The number of anilines is 1. The van der Waals surface area contributed by atoms with Gasteiger partial charge in [0.2, 0.25) is 11.8 Å². The summed E-state index contributed by atoms with van der Waals surface area (Å²) in [5, 5.41) is 28.8. The van der Waals surface area contributed by atoms with E-state index in [1.807, 2.05) is 24.3 Å². The normalized spacial score (nSPS) is 18.8. The first-order valence-electron chi connectivity index (χ1n) is 15.5. The van der Waals surface area contributed by atoms with Gasteiger partial charge in [0.15, 0.2) is 0 Å². The van der Waals surface area contributed by atoms with E-state index in [9.17, 15) is 33.1 Å². The highest BCUT2D eigenvalue weighted by molar-refractivity contribution is 6.03. The third-order valence-electron chi connectivity index (χ3n) is 8.75. The first kappa shape index (κ1) is 34.6. The molecule has 5 rings (SSSR count). The number of benzene rings is 3. The van der Waals surface area contributed by atoms with E-state index in [0.29, 0.717) is 35.4 Å².